The van der Waals surface area contributed by atoms with Gasteiger partial charge >= 0.3 is 12.4 Å². The first-order valence-corrected chi connectivity index (χ1v) is 9.04. The summed E-state index contributed by atoms with van der Waals surface area (Å²) in [5.74, 6) is 0.0416. The number of ether oxygens (including phenoxy) is 1. The second-order valence-electron chi connectivity index (χ2n) is 6.78. The van der Waals surface area contributed by atoms with Crippen LogP contribution in [-0.4, -0.2) is 36.9 Å². The maximum absolute atomic E-state index is 12.1. The van der Waals surface area contributed by atoms with Crippen LogP contribution < -0.4 is 15.4 Å². The molecule has 0 aromatic heterocycles. The minimum absolute atomic E-state index is 0.331. The summed E-state index contributed by atoms with van der Waals surface area (Å²) in [6.45, 7) is 3.35. The van der Waals surface area contributed by atoms with Gasteiger partial charge in [0.25, 0.3) is 0 Å². The Hall–Kier alpha value is -2.74. The molecule has 2 aromatic carbocycles. The van der Waals surface area contributed by atoms with E-state index in [1.165, 1.54) is 17.7 Å². The Morgan fingerprint density at radius 1 is 1.11 bits per heavy atom. The van der Waals surface area contributed by atoms with Crippen LogP contribution in [0.1, 0.15) is 12.0 Å². The molecule has 0 radical (unpaired) electrons. The molecule has 1 aliphatic rings. The van der Waals surface area contributed by atoms with Crippen LogP contribution in [0, 0.1) is 5.92 Å². The van der Waals surface area contributed by atoms with Gasteiger partial charge in [0.15, 0.2) is 0 Å². The van der Waals surface area contributed by atoms with Crippen molar-refractivity contribution < 1.29 is 22.7 Å². The van der Waals surface area contributed by atoms with Gasteiger partial charge < -0.3 is 15.4 Å². The summed E-state index contributed by atoms with van der Waals surface area (Å²) in [5, 5.41) is 5.43. The van der Waals surface area contributed by atoms with Gasteiger partial charge in [-0.3, -0.25) is 4.90 Å². The number of rotatable bonds is 6. The number of urea groups is 1. The lowest BCUT2D eigenvalue weighted by Crippen LogP contribution is -2.34. The van der Waals surface area contributed by atoms with Gasteiger partial charge in [0, 0.05) is 25.3 Å². The van der Waals surface area contributed by atoms with Gasteiger partial charge in [0.05, 0.1) is 0 Å². The Morgan fingerprint density at radius 3 is 2.50 bits per heavy atom. The van der Waals surface area contributed by atoms with Gasteiger partial charge in [0.2, 0.25) is 0 Å². The molecule has 1 fully saturated rings. The molecule has 2 amide bonds. The number of halogens is 3. The van der Waals surface area contributed by atoms with Crippen molar-refractivity contribution in [1.29, 1.82) is 0 Å². The standard InChI is InChI=1S/C20H22F3N3O2/c21-20(22,23)28-18-8-6-17(7-9-18)25-19(27)24-12-16-10-11-26(14-16)13-15-4-2-1-3-5-15/h1-9,16H,10-14H2,(H2,24,25,27). The summed E-state index contributed by atoms with van der Waals surface area (Å²) in [4.78, 5) is 14.4. The second kappa shape index (κ2) is 8.97. The topological polar surface area (TPSA) is 53.6 Å². The normalized spacial score (nSPS) is 17.3. The molecular formula is C20H22F3N3O2. The fourth-order valence-corrected chi connectivity index (χ4v) is 3.22. The molecule has 2 aromatic rings. The van der Waals surface area contributed by atoms with Crippen LogP contribution in [0.2, 0.25) is 0 Å². The number of anilines is 1. The summed E-state index contributed by atoms with van der Waals surface area (Å²) in [6.07, 6.45) is -3.72. The summed E-state index contributed by atoms with van der Waals surface area (Å²) in [6, 6.07) is 14.9. The minimum Gasteiger partial charge on any atom is -0.406 e. The van der Waals surface area contributed by atoms with Crippen LogP contribution in [0.3, 0.4) is 0 Å². The highest BCUT2D eigenvalue weighted by Gasteiger charge is 2.31. The smallest absolute Gasteiger partial charge is 0.406 e. The van der Waals surface area contributed by atoms with Crippen molar-refractivity contribution in [3.05, 3.63) is 60.2 Å². The van der Waals surface area contributed by atoms with Gasteiger partial charge in [-0.2, -0.15) is 0 Å². The lowest BCUT2D eigenvalue weighted by Gasteiger charge is -2.16. The SMILES string of the molecule is O=C(NCC1CCN(Cc2ccccc2)C1)Nc1ccc(OC(F)(F)F)cc1. The second-order valence-corrected chi connectivity index (χ2v) is 6.78. The van der Waals surface area contributed by atoms with E-state index in [1.807, 2.05) is 18.2 Å². The zero-order valence-electron chi connectivity index (χ0n) is 15.2. The lowest BCUT2D eigenvalue weighted by atomic mass is 10.1. The molecule has 2 N–H and O–H groups in total. The molecule has 3 rings (SSSR count). The molecule has 1 heterocycles. The lowest BCUT2D eigenvalue weighted by molar-refractivity contribution is -0.274. The van der Waals surface area contributed by atoms with E-state index < -0.39 is 6.36 Å². The highest BCUT2D eigenvalue weighted by molar-refractivity contribution is 5.89. The molecule has 1 aliphatic heterocycles. The predicted molar refractivity (Wildman–Crippen MR) is 100.0 cm³/mol. The average molecular weight is 393 g/mol. The molecule has 0 aliphatic carbocycles. The van der Waals surface area contributed by atoms with Crippen molar-refractivity contribution in [1.82, 2.24) is 10.2 Å². The van der Waals surface area contributed by atoms with Gasteiger partial charge in [-0.1, -0.05) is 30.3 Å². The summed E-state index contributed by atoms with van der Waals surface area (Å²) in [5.41, 5.74) is 1.66. The highest BCUT2D eigenvalue weighted by atomic mass is 19.4. The van der Waals surface area contributed by atoms with Crippen molar-refractivity contribution in [3.63, 3.8) is 0 Å². The number of hydrogen-bond donors (Lipinski definition) is 2. The zero-order chi connectivity index (χ0) is 20.0. The molecular weight excluding hydrogens is 371 g/mol. The third-order valence-electron chi connectivity index (χ3n) is 4.52. The maximum atomic E-state index is 12.1. The van der Waals surface area contributed by atoms with Crippen LogP contribution in [0.4, 0.5) is 23.7 Å². The Morgan fingerprint density at radius 2 is 1.82 bits per heavy atom. The van der Waals surface area contributed by atoms with Crippen molar-refractivity contribution in [2.45, 2.75) is 19.3 Å². The Labute approximate surface area is 161 Å². The van der Waals surface area contributed by atoms with Crippen molar-refractivity contribution in [2.75, 3.05) is 25.0 Å². The molecule has 8 heteroatoms. The first-order valence-electron chi connectivity index (χ1n) is 9.04. The number of hydrogen-bond acceptors (Lipinski definition) is 3. The Bertz CT molecular complexity index is 767. The van der Waals surface area contributed by atoms with Crippen LogP contribution >= 0.6 is 0 Å². The number of likely N-dealkylation sites (tertiary alicyclic amines) is 1. The summed E-state index contributed by atoms with van der Waals surface area (Å²) < 4.78 is 40.2. The number of benzene rings is 2. The molecule has 1 saturated heterocycles. The van der Waals surface area contributed by atoms with Crippen molar-refractivity contribution >= 4 is 11.7 Å². The van der Waals surface area contributed by atoms with Gasteiger partial charge in [0.1, 0.15) is 5.75 Å². The van der Waals surface area contributed by atoms with E-state index in [2.05, 4.69) is 32.4 Å². The number of nitrogens with one attached hydrogen (secondary N) is 2. The quantitative estimate of drug-likeness (QED) is 0.772. The predicted octanol–water partition coefficient (Wildman–Crippen LogP) is 4.23. The summed E-state index contributed by atoms with van der Waals surface area (Å²) in [7, 11) is 0. The van der Waals surface area contributed by atoms with E-state index in [0.717, 1.165) is 38.2 Å². The number of carbonyl (C=O) groups excluding carboxylic acids is 1. The molecule has 0 spiro atoms. The number of alkyl halides is 3. The number of nitrogens with zero attached hydrogens (tertiary/aromatic N) is 1. The minimum atomic E-state index is -4.73. The van der Waals surface area contributed by atoms with Crippen molar-refractivity contribution in [2.24, 2.45) is 5.92 Å². The van der Waals surface area contributed by atoms with E-state index in [0.29, 0.717) is 18.2 Å². The summed E-state index contributed by atoms with van der Waals surface area (Å²) >= 11 is 0. The van der Waals surface area contributed by atoms with Crippen LogP contribution in [-0.2, 0) is 6.54 Å². The third-order valence-corrected chi connectivity index (χ3v) is 4.52. The molecule has 1 unspecified atom stereocenters. The maximum Gasteiger partial charge on any atom is 0.573 e. The van der Waals surface area contributed by atoms with Gasteiger partial charge in [-0.25, -0.2) is 4.79 Å². The van der Waals surface area contributed by atoms with E-state index in [-0.39, 0.29) is 11.8 Å². The first-order chi connectivity index (χ1) is 13.4. The molecule has 28 heavy (non-hydrogen) atoms. The van der Waals surface area contributed by atoms with Crippen LogP contribution in [0.25, 0.3) is 0 Å². The van der Waals surface area contributed by atoms with Gasteiger partial charge in [-0.15, -0.1) is 13.2 Å². The van der Waals surface area contributed by atoms with E-state index in [4.69, 9.17) is 0 Å². The molecule has 5 nitrogen and oxygen atoms in total. The van der Waals surface area contributed by atoms with Crippen molar-refractivity contribution in [3.8, 4) is 5.75 Å². The van der Waals surface area contributed by atoms with E-state index in [9.17, 15) is 18.0 Å². The third kappa shape index (κ3) is 6.45. The highest BCUT2D eigenvalue weighted by Crippen LogP contribution is 2.24. The van der Waals surface area contributed by atoms with Crippen LogP contribution in [0.5, 0.6) is 5.75 Å². The fraction of sp³-hybridized carbons (Fsp3) is 0.350. The monoisotopic (exact) mass is 393 g/mol. The first kappa shape index (κ1) is 20.0. The molecule has 1 atom stereocenters. The average Bonchev–Trinajstić information content (AvgIpc) is 3.09. The molecule has 150 valence electrons. The Balaban J connectivity index is 1.39. The molecule has 0 saturated carbocycles. The number of amides is 2. The molecule has 0 bridgehead atoms. The Kier molecular flexibility index (Phi) is 6.41. The van der Waals surface area contributed by atoms with E-state index in [1.54, 1.807) is 0 Å². The number of carbonyl (C=O) groups is 1. The zero-order valence-corrected chi connectivity index (χ0v) is 15.2. The van der Waals surface area contributed by atoms with Crippen LogP contribution in [0.15, 0.2) is 54.6 Å². The van der Waals surface area contributed by atoms with Gasteiger partial charge in [-0.05, 0) is 48.7 Å². The fourth-order valence-electron chi connectivity index (χ4n) is 3.22. The van der Waals surface area contributed by atoms with E-state index >= 15 is 0 Å². The largest absolute Gasteiger partial charge is 0.573 e.